The second kappa shape index (κ2) is 4.83. The minimum absolute atomic E-state index is 0.183. The number of nitriles is 1. The summed E-state index contributed by atoms with van der Waals surface area (Å²) in [6.45, 7) is 3.92. The Morgan fingerprint density at radius 3 is 2.67 bits per heavy atom. The molecular weight excluding hydrogens is 198 g/mol. The summed E-state index contributed by atoms with van der Waals surface area (Å²) < 4.78 is 25.1. The van der Waals surface area contributed by atoms with E-state index in [9.17, 15) is 8.78 Å². The summed E-state index contributed by atoms with van der Waals surface area (Å²) in [6, 6.07) is 3.05. The highest BCUT2D eigenvalue weighted by atomic mass is 19.3. The Kier molecular flexibility index (Phi) is 3.73. The maximum atomic E-state index is 12.6. The molecule has 1 atom stereocenters. The maximum Gasteiger partial charge on any atom is 0.266 e. The van der Waals surface area contributed by atoms with Gasteiger partial charge in [-0.2, -0.15) is 5.26 Å². The summed E-state index contributed by atoms with van der Waals surface area (Å²) >= 11 is 0. The van der Waals surface area contributed by atoms with Crippen LogP contribution in [0.15, 0.2) is 12.3 Å². The van der Waals surface area contributed by atoms with Crippen LogP contribution < -0.4 is 0 Å². The molecule has 80 valence electrons. The maximum absolute atomic E-state index is 12.6. The fourth-order valence-electron chi connectivity index (χ4n) is 1.26. The number of halogens is 2. The summed E-state index contributed by atoms with van der Waals surface area (Å²) in [6.07, 6.45) is -0.286. The zero-order chi connectivity index (χ0) is 11.4. The molecule has 0 aliphatic rings. The molecule has 0 aliphatic heterocycles. The van der Waals surface area contributed by atoms with E-state index in [4.69, 9.17) is 5.26 Å². The molecule has 2 nitrogen and oxygen atoms in total. The van der Waals surface area contributed by atoms with Gasteiger partial charge >= 0.3 is 0 Å². The number of hydrogen-bond acceptors (Lipinski definition) is 2. The minimum Gasteiger partial charge on any atom is -0.245 e. The number of nitrogens with zero attached hydrogens (tertiary/aromatic N) is 2. The molecule has 0 fully saturated rings. The molecule has 15 heavy (non-hydrogen) atoms. The van der Waals surface area contributed by atoms with Gasteiger partial charge in [0.1, 0.15) is 11.8 Å². The van der Waals surface area contributed by atoms with Gasteiger partial charge < -0.3 is 0 Å². The number of rotatable bonds is 3. The van der Waals surface area contributed by atoms with Gasteiger partial charge in [0.05, 0.1) is 5.56 Å². The Morgan fingerprint density at radius 1 is 1.53 bits per heavy atom. The molecule has 1 rings (SSSR count). The molecule has 1 unspecified atom stereocenters. The second-order valence-electron chi connectivity index (χ2n) is 3.43. The van der Waals surface area contributed by atoms with Crippen LogP contribution in [0.5, 0.6) is 0 Å². The summed E-state index contributed by atoms with van der Waals surface area (Å²) in [4.78, 5) is 3.75. The van der Waals surface area contributed by atoms with Crippen LogP contribution in [0.4, 0.5) is 8.78 Å². The first-order chi connectivity index (χ1) is 7.10. The van der Waals surface area contributed by atoms with E-state index in [0.717, 1.165) is 12.0 Å². The Bertz CT molecular complexity index is 383. The van der Waals surface area contributed by atoms with Crippen molar-refractivity contribution in [3.63, 3.8) is 0 Å². The number of hydrogen-bond donors (Lipinski definition) is 0. The zero-order valence-corrected chi connectivity index (χ0v) is 8.67. The SMILES string of the molecule is CCC(C)c1cnc(C#N)c(C(F)F)c1. The van der Waals surface area contributed by atoms with Crippen molar-refractivity contribution < 1.29 is 8.78 Å². The molecule has 1 aromatic heterocycles. The summed E-state index contributed by atoms with van der Waals surface area (Å²) in [5.41, 5.74) is 0.305. The second-order valence-corrected chi connectivity index (χ2v) is 3.43. The Balaban J connectivity index is 3.17. The highest BCUT2D eigenvalue weighted by Gasteiger charge is 2.16. The third-order valence-electron chi connectivity index (χ3n) is 2.46. The van der Waals surface area contributed by atoms with Crippen LogP contribution in [0.2, 0.25) is 0 Å². The van der Waals surface area contributed by atoms with Crippen molar-refractivity contribution >= 4 is 0 Å². The van der Waals surface area contributed by atoms with Crippen LogP contribution in [-0.2, 0) is 0 Å². The van der Waals surface area contributed by atoms with Gasteiger partial charge in [-0.1, -0.05) is 13.8 Å². The van der Waals surface area contributed by atoms with Crippen LogP contribution in [0.3, 0.4) is 0 Å². The van der Waals surface area contributed by atoms with Gasteiger partial charge in [0.15, 0.2) is 0 Å². The van der Waals surface area contributed by atoms with Gasteiger partial charge in [-0.25, -0.2) is 13.8 Å². The van der Waals surface area contributed by atoms with Crippen LogP contribution in [0.25, 0.3) is 0 Å². The molecule has 0 aromatic carbocycles. The summed E-state index contributed by atoms with van der Waals surface area (Å²) in [7, 11) is 0. The average molecular weight is 210 g/mol. The van der Waals surface area contributed by atoms with E-state index in [1.165, 1.54) is 12.3 Å². The van der Waals surface area contributed by atoms with Gasteiger partial charge in [-0.3, -0.25) is 0 Å². The molecule has 1 aromatic rings. The van der Waals surface area contributed by atoms with E-state index in [1.807, 2.05) is 13.8 Å². The Hall–Kier alpha value is -1.50. The molecule has 0 amide bonds. The lowest BCUT2D eigenvalue weighted by Crippen LogP contribution is -1.99. The molecule has 0 saturated heterocycles. The smallest absolute Gasteiger partial charge is 0.245 e. The van der Waals surface area contributed by atoms with Crippen LogP contribution in [-0.4, -0.2) is 4.98 Å². The Labute approximate surface area is 87.6 Å². The van der Waals surface area contributed by atoms with Gasteiger partial charge in [0, 0.05) is 6.20 Å². The van der Waals surface area contributed by atoms with E-state index < -0.39 is 6.43 Å². The van der Waals surface area contributed by atoms with Crippen molar-refractivity contribution in [1.82, 2.24) is 4.98 Å². The van der Waals surface area contributed by atoms with Crippen molar-refractivity contribution in [2.24, 2.45) is 0 Å². The number of pyridine rings is 1. The number of alkyl halides is 2. The van der Waals surface area contributed by atoms with E-state index in [-0.39, 0.29) is 17.2 Å². The molecular formula is C11H12F2N2. The van der Waals surface area contributed by atoms with Crippen molar-refractivity contribution in [3.05, 3.63) is 29.1 Å². The van der Waals surface area contributed by atoms with Gasteiger partial charge in [0.25, 0.3) is 6.43 Å². The highest BCUT2D eigenvalue weighted by molar-refractivity contribution is 5.35. The van der Waals surface area contributed by atoms with E-state index in [1.54, 1.807) is 6.07 Å². The largest absolute Gasteiger partial charge is 0.266 e. The predicted molar refractivity (Wildman–Crippen MR) is 52.6 cm³/mol. The third kappa shape index (κ3) is 2.50. The molecule has 1 heterocycles. The third-order valence-corrected chi connectivity index (χ3v) is 2.46. The van der Waals surface area contributed by atoms with Crippen molar-refractivity contribution in [2.75, 3.05) is 0 Å². The lowest BCUT2D eigenvalue weighted by molar-refractivity contribution is 0.150. The Morgan fingerprint density at radius 2 is 2.20 bits per heavy atom. The van der Waals surface area contributed by atoms with Crippen molar-refractivity contribution in [2.45, 2.75) is 32.6 Å². The topological polar surface area (TPSA) is 36.7 Å². The molecule has 0 spiro atoms. The summed E-state index contributed by atoms with van der Waals surface area (Å²) in [5.74, 6) is 0.183. The predicted octanol–water partition coefficient (Wildman–Crippen LogP) is 3.40. The highest BCUT2D eigenvalue weighted by Crippen LogP contribution is 2.26. The van der Waals surface area contributed by atoms with Crippen LogP contribution >= 0.6 is 0 Å². The molecule has 0 bridgehead atoms. The zero-order valence-electron chi connectivity index (χ0n) is 8.67. The van der Waals surface area contributed by atoms with Gasteiger partial charge in [0.2, 0.25) is 0 Å². The molecule has 0 N–H and O–H groups in total. The lowest BCUT2D eigenvalue weighted by Gasteiger charge is -2.10. The van der Waals surface area contributed by atoms with Crippen molar-refractivity contribution in [3.8, 4) is 6.07 Å². The molecule has 0 aliphatic carbocycles. The van der Waals surface area contributed by atoms with Crippen LogP contribution in [0, 0.1) is 11.3 Å². The van der Waals surface area contributed by atoms with E-state index in [2.05, 4.69) is 4.98 Å². The quantitative estimate of drug-likeness (QED) is 0.766. The normalized spacial score (nSPS) is 12.5. The average Bonchev–Trinajstić information content (AvgIpc) is 2.27. The first kappa shape index (κ1) is 11.6. The fourth-order valence-corrected chi connectivity index (χ4v) is 1.26. The van der Waals surface area contributed by atoms with E-state index in [0.29, 0.717) is 0 Å². The van der Waals surface area contributed by atoms with Gasteiger partial charge in [-0.05, 0) is 24.0 Å². The van der Waals surface area contributed by atoms with E-state index >= 15 is 0 Å². The first-order valence-corrected chi connectivity index (χ1v) is 4.78. The van der Waals surface area contributed by atoms with Gasteiger partial charge in [-0.15, -0.1) is 0 Å². The lowest BCUT2D eigenvalue weighted by atomic mass is 9.98. The summed E-state index contributed by atoms with van der Waals surface area (Å²) in [5, 5.41) is 8.61. The monoisotopic (exact) mass is 210 g/mol. The first-order valence-electron chi connectivity index (χ1n) is 4.78. The molecule has 4 heteroatoms. The number of aromatic nitrogens is 1. The minimum atomic E-state index is -2.64. The van der Waals surface area contributed by atoms with Crippen molar-refractivity contribution in [1.29, 1.82) is 5.26 Å². The molecule has 0 saturated carbocycles. The fraction of sp³-hybridized carbons (Fsp3) is 0.455. The van der Waals surface area contributed by atoms with Crippen LogP contribution in [0.1, 0.15) is 49.4 Å². The standard InChI is InChI=1S/C11H12F2N2/c1-3-7(2)8-4-9(11(12)13)10(5-14)15-6-8/h4,6-7,11H,3H2,1-2H3. The molecule has 0 radical (unpaired) electrons.